The summed E-state index contributed by atoms with van der Waals surface area (Å²) in [4.78, 5) is 31.0. The molecular formula is C24H26ClN7O3. The van der Waals surface area contributed by atoms with E-state index in [4.69, 9.17) is 35.8 Å². The van der Waals surface area contributed by atoms with E-state index in [1.54, 1.807) is 0 Å². The number of fused-ring (bicyclic) bond motifs is 1. The van der Waals surface area contributed by atoms with E-state index in [-0.39, 0.29) is 11.6 Å². The number of H-pyrrole nitrogens is 1. The topological polar surface area (TPSA) is 115 Å². The number of morpholine rings is 1. The first-order valence-corrected chi connectivity index (χ1v) is 12.5. The molecule has 6 rings (SSSR count). The van der Waals surface area contributed by atoms with Crippen LogP contribution in [0.4, 0.5) is 5.95 Å². The maximum Gasteiger partial charge on any atom is 0.439 e. The number of nitrogens with zero attached hydrogens (tertiary/aromatic N) is 6. The molecular weight excluding hydrogens is 470 g/mol. The van der Waals surface area contributed by atoms with E-state index >= 15 is 0 Å². The van der Waals surface area contributed by atoms with Gasteiger partial charge in [-0.15, -0.1) is 0 Å². The Balaban J connectivity index is 1.58. The Morgan fingerprint density at radius 1 is 1.09 bits per heavy atom. The number of aromatic nitrogens is 6. The van der Waals surface area contributed by atoms with E-state index in [9.17, 15) is 4.79 Å². The molecule has 182 valence electrons. The minimum absolute atomic E-state index is 0.162. The standard InChI is InChI=1S/C24H26ClN7O3/c25-17-8-4-7-16(13-17)18-19-20(27-21(26-18)22-29-24(33)35-30-22)28-23(31-9-11-34-12-10-31)32(19)14-15-5-2-1-3-6-15/h4,7-8,13,15H,1-3,5-6,9-12,14H2,(H,29,30,33). The van der Waals surface area contributed by atoms with Gasteiger partial charge in [-0.2, -0.15) is 4.98 Å². The van der Waals surface area contributed by atoms with Gasteiger partial charge in [0.15, 0.2) is 5.65 Å². The van der Waals surface area contributed by atoms with Gasteiger partial charge < -0.3 is 14.2 Å². The van der Waals surface area contributed by atoms with Crippen molar-refractivity contribution in [2.45, 2.75) is 38.6 Å². The van der Waals surface area contributed by atoms with Gasteiger partial charge in [0, 0.05) is 30.2 Å². The summed E-state index contributed by atoms with van der Waals surface area (Å²) in [6.07, 6.45) is 6.21. The minimum Gasteiger partial charge on any atom is -0.378 e. The minimum atomic E-state index is -0.662. The van der Waals surface area contributed by atoms with Crippen LogP contribution in [-0.2, 0) is 11.3 Å². The summed E-state index contributed by atoms with van der Waals surface area (Å²) in [5.74, 6) is 1.19. The number of hydrogen-bond acceptors (Lipinski definition) is 8. The largest absolute Gasteiger partial charge is 0.439 e. The van der Waals surface area contributed by atoms with E-state index < -0.39 is 5.76 Å². The lowest BCUT2D eigenvalue weighted by molar-refractivity contribution is 0.121. The van der Waals surface area contributed by atoms with Crippen molar-refractivity contribution in [2.24, 2.45) is 5.92 Å². The first kappa shape index (κ1) is 22.2. The van der Waals surface area contributed by atoms with Crippen LogP contribution in [0.15, 0.2) is 33.6 Å². The predicted molar refractivity (Wildman–Crippen MR) is 131 cm³/mol. The van der Waals surface area contributed by atoms with Gasteiger partial charge in [0.25, 0.3) is 0 Å². The summed E-state index contributed by atoms with van der Waals surface area (Å²) in [6, 6.07) is 7.58. The zero-order valence-electron chi connectivity index (χ0n) is 19.2. The van der Waals surface area contributed by atoms with Crippen molar-refractivity contribution in [1.29, 1.82) is 0 Å². The highest BCUT2D eigenvalue weighted by Crippen LogP contribution is 2.35. The molecule has 3 aromatic heterocycles. The van der Waals surface area contributed by atoms with E-state index in [2.05, 4.69) is 19.6 Å². The van der Waals surface area contributed by atoms with Crippen LogP contribution in [0, 0.1) is 5.92 Å². The third-order valence-electron chi connectivity index (χ3n) is 6.79. The average molecular weight is 496 g/mol. The number of ether oxygens (including phenoxy) is 1. The van der Waals surface area contributed by atoms with Crippen LogP contribution in [0.3, 0.4) is 0 Å². The number of hydrogen-bond donors (Lipinski definition) is 1. The molecule has 0 bridgehead atoms. The third-order valence-corrected chi connectivity index (χ3v) is 7.03. The van der Waals surface area contributed by atoms with Crippen LogP contribution in [0.2, 0.25) is 5.02 Å². The van der Waals surface area contributed by atoms with Crippen LogP contribution < -0.4 is 10.7 Å². The molecule has 0 spiro atoms. The predicted octanol–water partition coefficient (Wildman–Crippen LogP) is 3.91. The third kappa shape index (κ3) is 4.43. The van der Waals surface area contributed by atoms with Crippen molar-refractivity contribution in [3.8, 4) is 22.9 Å². The number of imidazole rings is 1. The molecule has 4 aromatic rings. The number of rotatable bonds is 5. The van der Waals surface area contributed by atoms with Crippen LogP contribution in [0.5, 0.6) is 0 Å². The maximum absolute atomic E-state index is 11.6. The smallest absolute Gasteiger partial charge is 0.378 e. The fourth-order valence-corrected chi connectivity index (χ4v) is 5.29. The zero-order chi connectivity index (χ0) is 23.8. The summed E-state index contributed by atoms with van der Waals surface area (Å²) in [7, 11) is 0. The zero-order valence-corrected chi connectivity index (χ0v) is 20.0. The summed E-state index contributed by atoms with van der Waals surface area (Å²) in [5, 5.41) is 4.41. The molecule has 1 saturated carbocycles. The van der Waals surface area contributed by atoms with Crippen LogP contribution >= 0.6 is 11.6 Å². The Hall–Kier alpha value is -3.24. The second-order valence-electron chi connectivity index (χ2n) is 9.15. The Kier molecular flexibility index (Phi) is 5.99. The van der Waals surface area contributed by atoms with Gasteiger partial charge in [0.05, 0.1) is 13.2 Å². The molecule has 1 aliphatic heterocycles. The normalized spacial score (nSPS) is 17.3. The lowest BCUT2D eigenvalue weighted by Crippen LogP contribution is -2.38. The highest BCUT2D eigenvalue weighted by Gasteiger charge is 2.27. The molecule has 4 heterocycles. The number of benzene rings is 1. The fraction of sp³-hybridized carbons (Fsp3) is 0.458. The van der Waals surface area contributed by atoms with Crippen molar-refractivity contribution < 1.29 is 9.26 Å². The molecule has 1 aromatic carbocycles. The van der Waals surface area contributed by atoms with E-state index in [0.29, 0.717) is 35.5 Å². The van der Waals surface area contributed by atoms with Gasteiger partial charge >= 0.3 is 5.76 Å². The second kappa shape index (κ2) is 9.43. The molecule has 1 saturated heterocycles. The Labute approximate surface area is 206 Å². The molecule has 11 heteroatoms. The van der Waals surface area contributed by atoms with Gasteiger partial charge in [-0.3, -0.25) is 9.51 Å². The second-order valence-corrected chi connectivity index (χ2v) is 9.58. The molecule has 35 heavy (non-hydrogen) atoms. The maximum atomic E-state index is 11.6. The van der Waals surface area contributed by atoms with Gasteiger partial charge in [-0.05, 0) is 30.9 Å². The van der Waals surface area contributed by atoms with Crippen molar-refractivity contribution in [3.05, 3.63) is 39.8 Å². The fourth-order valence-electron chi connectivity index (χ4n) is 5.10. The Bertz CT molecular complexity index is 1400. The molecule has 1 aliphatic carbocycles. The first-order chi connectivity index (χ1) is 17.2. The molecule has 0 atom stereocenters. The number of anilines is 1. The van der Waals surface area contributed by atoms with Crippen LogP contribution in [-0.4, -0.2) is 56.0 Å². The average Bonchev–Trinajstić information content (AvgIpc) is 3.48. The summed E-state index contributed by atoms with van der Waals surface area (Å²) >= 11 is 6.37. The summed E-state index contributed by atoms with van der Waals surface area (Å²) in [6.45, 7) is 3.69. The first-order valence-electron chi connectivity index (χ1n) is 12.1. The van der Waals surface area contributed by atoms with Crippen molar-refractivity contribution in [3.63, 3.8) is 0 Å². The quantitative estimate of drug-likeness (QED) is 0.443. The summed E-state index contributed by atoms with van der Waals surface area (Å²) in [5.41, 5.74) is 2.94. The summed E-state index contributed by atoms with van der Waals surface area (Å²) < 4.78 is 12.6. The molecule has 2 fully saturated rings. The van der Waals surface area contributed by atoms with Gasteiger partial charge in [0.1, 0.15) is 11.2 Å². The SMILES string of the molecule is O=c1[nH]c(-c2nc(-c3cccc(Cl)c3)c3c(n2)nc(N2CCOCC2)n3CC2CCCCC2)no1. The van der Waals surface area contributed by atoms with Crippen molar-refractivity contribution in [1.82, 2.24) is 29.7 Å². The van der Waals surface area contributed by atoms with E-state index in [0.717, 1.165) is 36.7 Å². The van der Waals surface area contributed by atoms with Crippen molar-refractivity contribution >= 4 is 28.7 Å². The van der Waals surface area contributed by atoms with Gasteiger partial charge in [0.2, 0.25) is 17.6 Å². The Morgan fingerprint density at radius 2 is 1.91 bits per heavy atom. The molecule has 10 nitrogen and oxygen atoms in total. The highest BCUT2D eigenvalue weighted by atomic mass is 35.5. The number of aromatic amines is 1. The molecule has 0 amide bonds. The lowest BCUT2D eigenvalue weighted by Gasteiger charge is -2.30. The molecule has 0 radical (unpaired) electrons. The lowest BCUT2D eigenvalue weighted by atomic mass is 9.89. The van der Waals surface area contributed by atoms with Crippen molar-refractivity contribution in [2.75, 3.05) is 31.2 Å². The van der Waals surface area contributed by atoms with Gasteiger partial charge in [-0.25, -0.2) is 14.8 Å². The number of halogens is 1. The van der Waals surface area contributed by atoms with Crippen LogP contribution in [0.1, 0.15) is 32.1 Å². The van der Waals surface area contributed by atoms with E-state index in [1.165, 1.54) is 32.1 Å². The number of nitrogens with one attached hydrogen (secondary N) is 1. The molecule has 1 N–H and O–H groups in total. The highest BCUT2D eigenvalue weighted by molar-refractivity contribution is 6.30. The van der Waals surface area contributed by atoms with Crippen LogP contribution in [0.25, 0.3) is 34.1 Å². The van der Waals surface area contributed by atoms with E-state index in [1.807, 2.05) is 24.3 Å². The van der Waals surface area contributed by atoms with Gasteiger partial charge in [-0.1, -0.05) is 48.2 Å². The monoisotopic (exact) mass is 495 g/mol. The molecule has 2 aliphatic rings. The molecule has 0 unspecified atom stereocenters. The Morgan fingerprint density at radius 3 is 2.66 bits per heavy atom.